The lowest BCUT2D eigenvalue weighted by atomic mass is 10.3. The van der Waals surface area contributed by atoms with E-state index in [4.69, 9.17) is 11.6 Å². The van der Waals surface area contributed by atoms with Crippen LogP contribution in [0.3, 0.4) is 0 Å². The van der Waals surface area contributed by atoms with Crippen molar-refractivity contribution >= 4 is 40.2 Å². The van der Waals surface area contributed by atoms with Gasteiger partial charge in [0, 0.05) is 20.6 Å². The molecule has 0 aromatic carbocycles. The lowest BCUT2D eigenvalue weighted by molar-refractivity contribution is 1.09. The Morgan fingerprint density at radius 1 is 1.05 bits per heavy atom. The predicted octanol–water partition coefficient (Wildman–Crippen LogP) is 2.14. The van der Waals surface area contributed by atoms with E-state index in [1.807, 2.05) is 6.92 Å². The van der Waals surface area contributed by atoms with Gasteiger partial charge < -0.3 is 16.0 Å². The van der Waals surface area contributed by atoms with Gasteiger partial charge in [0.1, 0.15) is 11.0 Å². The summed E-state index contributed by atoms with van der Waals surface area (Å²) in [6.45, 7) is 6.35. The maximum absolute atomic E-state index is 5.90. The van der Waals surface area contributed by atoms with E-state index < -0.39 is 0 Å². The highest BCUT2D eigenvalue weighted by atomic mass is 35.5. The molecule has 0 amide bonds. The molecule has 0 bridgehead atoms. The van der Waals surface area contributed by atoms with Gasteiger partial charge in [0.15, 0.2) is 11.6 Å². The van der Waals surface area contributed by atoms with Crippen molar-refractivity contribution in [2.75, 3.05) is 36.6 Å². The molecule has 0 fully saturated rings. The molecule has 0 unspecified atom stereocenters. The molecule has 0 atom stereocenters. The summed E-state index contributed by atoms with van der Waals surface area (Å²) in [7, 11) is 3.51. The molecule has 2 heterocycles. The fourth-order valence-electron chi connectivity index (χ4n) is 1.65. The van der Waals surface area contributed by atoms with Crippen molar-refractivity contribution in [3.05, 3.63) is 17.4 Å². The molecule has 2 rings (SSSR count). The van der Waals surface area contributed by atoms with E-state index in [1.54, 1.807) is 14.1 Å². The van der Waals surface area contributed by atoms with E-state index in [9.17, 15) is 0 Å². The molecule has 3 N–H and O–H groups in total. The number of aromatic nitrogens is 4. The Labute approximate surface area is 121 Å². The normalized spacial score (nSPS) is 10.4. The first-order valence-corrected chi connectivity index (χ1v) is 6.42. The Morgan fingerprint density at radius 3 is 2.25 bits per heavy atom. The highest BCUT2D eigenvalue weighted by molar-refractivity contribution is 6.29. The standard InChI is InChI=1S/C12H16ClN7/c1-6(2)5-16-12-18-8-7(10(15-4)20-12)17-11(13)19-9(8)14-3/h1,5H2,2-4H3,(H,14,17,19)(H2,15,16,18,20). The van der Waals surface area contributed by atoms with Crippen LogP contribution in [0.2, 0.25) is 5.28 Å². The number of nitrogens with one attached hydrogen (secondary N) is 3. The second-order valence-corrected chi connectivity index (χ2v) is 4.58. The van der Waals surface area contributed by atoms with Crippen molar-refractivity contribution in [1.29, 1.82) is 0 Å². The summed E-state index contributed by atoms with van der Waals surface area (Å²) >= 11 is 5.90. The van der Waals surface area contributed by atoms with Crippen LogP contribution in [0.5, 0.6) is 0 Å². The lowest BCUT2D eigenvalue weighted by Crippen LogP contribution is -2.09. The van der Waals surface area contributed by atoms with Crippen LogP contribution in [0.1, 0.15) is 6.92 Å². The van der Waals surface area contributed by atoms with Gasteiger partial charge in [0.2, 0.25) is 11.2 Å². The van der Waals surface area contributed by atoms with Crippen LogP contribution in [0.4, 0.5) is 17.6 Å². The number of fused-ring (bicyclic) bond motifs is 1. The SMILES string of the molecule is C=C(C)CNc1nc(NC)c2nc(Cl)nc(NC)c2n1. The minimum atomic E-state index is 0.143. The fourth-order valence-corrected chi connectivity index (χ4v) is 1.81. The van der Waals surface area contributed by atoms with Gasteiger partial charge >= 0.3 is 0 Å². The summed E-state index contributed by atoms with van der Waals surface area (Å²) in [5.74, 6) is 1.62. The Kier molecular flexibility index (Phi) is 4.19. The van der Waals surface area contributed by atoms with E-state index in [2.05, 4.69) is 42.5 Å². The van der Waals surface area contributed by atoms with Crippen molar-refractivity contribution in [1.82, 2.24) is 19.9 Å². The number of hydrogen-bond acceptors (Lipinski definition) is 7. The lowest BCUT2D eigenvalue weighted by Gasteiger charge is -2.11. The number of halogens is 1. The minimum Gasteiger partial charge on any atom is -0.371 e. The molecule has 8 heteroatoms. The highest BCUT2D eigenvalue weighted by Gasteiger charge is 2.13. The van der Waals surface area contributed by atoms with Gasteiger partial charge in [-0.05, 0) is 18.5 Å². The van der Waals surface area contributed by atoms with Gasteiger partial charge in [-0.3, -0.25) is 0 Å². The summed E-state index contributed by atoms with van der Waals surface area (Å²) in [4.78, 5) is 17.1. The Hall–Kier alpha value is -2.15. The number of rotatable bonds is 5. The monoisotopic (exact) mass is 293 g/mol. The van der Waals surface area contributed by atoms with Gasteiger partial charge in [0.25, 0.3) is 0 Å². The number of nitrogens with zero attached hydrogens (tertiary/aromatic N) is 4. The van der Waals surface area contributed by atoms with Gasteiger partial charge in [0.05, 0.1) is 0 Å². The summed E-state index contributed by atoms with van der Waals surface area (Å²) in [6.07, 6.45) is 0. The van der Waals surface area contributed by atoms with Gasteiger partial charge in [-0.1, -0.05) is 12.2 Å². The van der Waals surface area contributed by atoms with E-state index in [0.717, 1.165) is 5.57 Å². The maximum Gasteiger partial charge on any atom is 0.225 e. The molecular weight excluding hydrogens is 278 g/mol. The molecule has 0 spiro atoms. The van der Waals surface area contributed by atoms with E-state index >= 15 is 0 Å². The van der Waals surface area contributed by atoms with Crippen LogP contribution in [0, 0.1) is 0 Å². The summed E-state index contributed by atoms with van der Waals surface area (Å²) in [5.41, 5.74) is 2.15. The van der Waals surface area contributed by atoms with E-state index in [1.165, 1.54) is 0 Å². The molecule has 0 aliphatic carbocycles. The third-order valence-corrected chi connectivity index (χ3v) is 2.71. The molecule has 106 valence electrons. The smallest absolute Gasteiger partial charge is 0.225 e. The zero-order valence-electron chi connectivity index (χ0n) is 11.6. The third-order valence-electron chi connectivity index (χ3n) is 2.54. The quantitative estimate of drug-likeness (QED) is 0.575. The fraction of sp³-hybridized carbons (Fsp3) is 0.333. The molecule has 7 nitrogen and oxygen atoms in total. The van der Waals surface area contributed by atoms with Crippen LogP contribution >= 0.6 is 11.6 Å². The van der Waals surface area contributed by atoms with Crippen molar-refractivity contribution < 1.29 is 0 Å². The first kappa shape index (κ1) is 14.3. The van der Waals surface area contributed by atoms with Crippen LogP contribution in [0.25, 0.3) is 11.0 Å². The topological polar surface area (TPSA) is 87.7 Å². The van der Waals surface area contributed by atoms with Crippen molar-refractivity contribution in [3.63, 3.8) is 0 Å². The maximum atomic E-state index is 5.90. The number of hydrogen-bond donors (Lipinski definition) is 3. The second-order valence-electron chi connectivity index (χ2n) is 4.24. The van der Waals surface area contributed by atoms with Crippen molar-refractivity contribution in [2.24, 2.45) is 0 Å². The van der Waals surface area contributed by atoms with Crippen molar-refractivity contribution in [2.45, 2.75) is 6.92 Å². The minimum absolute atomic E-state index is 0.143. The van der Waals surface area contributed by atoms with E-state index in [-0.39, 0.29) is 5.28 Å². The Morgan fingerprint density at radius 2 is 1.65 bits per heavy atom. The predicted molar refractivity (Wildman–Crippen MR) is 82.5 cm³/mol. The second kappa shape index (κ2) is 5.87. The van der Waals surface area contributed by atoms with Crippen LogP contribution in [0.15, 0.2) is 12.2 Å². The molecule has 0 aliphatic rings. The number of anilines is 3. The summed E-state index contributed by atoms with van der Waals surface area (Å²) < 4.78 is 0. The largest absolute Gasteiger partial charge is 0.371 e. The summed E-state index contributed by atoms with van der Waals surface area (Å²) in [5, 5.41) is 9.18. The first-order chi connectivity index (χ1) is 9.55. The molecule has 20 heavy (non-hydrogen) atoms. The van der Waals surface area contributed by atoms with Crippen LogP contribution in [-0.2, 0) is 0 Å². The third kappa shape index (κ3) is 2.88. The summed E-state index contributed by atoms with van der Waals surface area (Å²) in [6, 6.07) is 0. The molecule has 2 aromatic rings. The van der Waals surface area contributed by atoms with E-state index in [0.29, 0.717) is 35.2 Å². The molecule has 2 aromatic heterocycles. The highest BCUT2D eigenvalue weighted by Crippen LogP contribution is 2.26. The Bertz CT molecular complexity index is 656. The van der Waals surface area contributed by atoms with Gasteiger partial charge in [-0.25, -0.2) is 9.97 Å². The van der Waals surface area contributed by atoms with Crippen LogP contribution in [-0.4, -0.2) is 40.6 Å². The first-order valence-electron chi connectivity index (χ1n) is 6.04. The zero-order valence-corrected chi connectivity index (χ0v) is 12.3. The average Bonchev–Trinajstić information content (AvgIpc) is 2.43. The Balaban J connectivity index is 2.59. The van der Waals surface area contributed by atoms with Crippen LogP contribution < -0.4 is 16.0 Å². The molecular formula is C12H16ClN7. The van der Waals surface area contributed by atoms with Gasteiger partial charge in [-0.15, -0.1) is 0 Å². The zero-order chi connectivity index (χ0) is 14.7. The van der Waals surface area contributed by atoms with Gasteiger partial charge in [-0.2, -0.15) is 9.97 Å². The molecule has 0 saturated carbocycles. The molecule has 0 aliphatic heterocycles. The average molecular weight is 294 g/mol. The molecule has 0 saturated heterocycles. The van der Waals surface area contributed by atoms with Crippen molar-refractivity contribution in [3.8, 4) is 0 Å². The molecule has 0 radical (unpaired) electrons.